The molecule has 1 aliphatic heterocycles. The number of amides is 1. The molecular formula is C13H20N4O. The van der Waals surface area contributed by atoms with Crippen LogP contribution in [-0.2, 0) is 0 Å². The van der Waals surface area contributed by atoms with Crippen molar-refractivity contribution in [3.63, 3.8) is 0 Å². The highest BCUT2D eigenvalue weighted by molar-refractivity contribution is 5.92. The number of nitrogens with zero attached hydrogens (tertiary/aromatic N) is 3. The quantitative estimate of drug-likeness (QED) is 0.866. The van der Waals surface area contributed by atoms with Crippen LogP contribution in [0.4, 0.5) is 5.82 Å². The smallest absolute Gasteiger partial charge is 0.274 e. The van der Waals surface area contributed by atoms with E-state index in [0.29, 0.717) is 17.4 Å². The van der Waals surface area contributed by atoms with E-state index >= 15 is 0 Å². The first-order valence-electron chi connectivity index (χ1n) is 6.44. The molecule has 0 aliphatic carbocycles. The van der Waals surface area contributed by atoms with E-state index in [1.807, 2.05) is 4.90 Å². The predicted molar refractivity (Wildman–Crippen MR) is 70.5 cm³/mol. The van der Waals surface area contributed by atoms with E-state index in [1.54, 1.807) is 19.2 Å². The van der Waals surface area contributed by atoms with E-state index < -0.39 is 0 Å². The molecule has 1 fully saturated rings. The van der Waals surface area contributed by atoms with Gasteiger partial charge >= 0.3 is 0 Å². The Labute approximate surface area is 108 Å². The first kappa shape index (κ1) is 12.8. The van der Waals surface area contributed by atoms with E-state index in [0.717, 1.165) is 19.4 Å². The molecular weight excluding hydrogens is 228 g/mol. The van der Waals surface area contributed by atoms with Crippen LogP contribution in [0.2, 0.25) is 0 Å². The number of rotatable bonds is 2. The first-order valence-corrected chi connectivity index (χ1v) is 6.44. The number of aromatic nitrogens is 2. The van der Waals surface area contributed by atoms with Crippen LogP contribution in [0.1, 0.15) is 37.2 Å². The molecule has 0 radical (unpaired) electrons. The maximum Gasteiger partial charge on any atom is 0.274 e. The highest BCUT2D eigenvalue weighted by Crippen LogP contribution is 2.23. The summed E-state index contributed by atoms with van der Waals surface area (Å²) >= 11 is 0. The summed E-state index contributed by atoms with van der Waals surface area (Å²) in [5.41, 5.74) is 0.426. The fourth-order valence-corrected chi connectivity index (χ4v) is 2.44. The molecule has 2 rings (SSSR count). The van der Waals surface area contributed by atoms with Crippen LogP contribution in [0.25, 0.3) is 0 Å². The van der Waals surface area contributed by atoms with Gasteiger partial charge in [-0.2, -0.15) is 0 Å². The van der Waals surface area contributed by atoms with Gasteiger partial charge in [0.25, 0.3) is 5.91 Å². The van der Waals surface area contributed by atoms with E-state index in [-0.39, 0.29) is 11.9 Å². The number of hydrogen-bond donors (Lipinski definition) is 1. The number of carbonyl (C=O) groups excluding carboxylic acids is 1. The molecule has 1 N–H and O–H groups in total. The van der Waals surface area contributed by atoms with Gasteiger partial charge in [0.2, 0.25) is 0 Å². The van der Waals surface area contributed by atoms with Crippen molar-refractivity contribution in [3.8, 4) is 0 Å². The maximum absolute atomic E-state index is 12.3. The standard InChI is InChI=1S/C13H20N4O/c1-9-6-7-17(10(2)8-9)13(18)11-4-5-12(14-3)16-15-11/h4-5,9-10H,6-8H2,1-3H3,(H,14,16). The predicted octanol–water partition coefficient (Wildman–Crippen LogP) is 1.78. The molecule has 0 aromatic carbocycles. The van der Waals surface area contributed by atoms with E-state index in [9.17, 15) is 4.79 Å². The molecule has 1 saturated heterocycles. The maximum atomic E-state index is 12.3. The van der Waals surface area contributed by atoms with Gasteiger partial charge in [-0.1, -0.05) is 6.92 Å². The third-order valence-corrected chi connectivity index (χ3v) is 3.54. The summed E-state index contributed by atoms with van der Waals surface area (Å²) < 4.78 is 0. The summed E-state index contributed by atoms with van der Waals surface area (Å²) in [5.74, 6) is 1.36. The highest BCUT2D eigenvalue weighted by Gasteiger charge is 2.28. The van der Waals surface area contributed by atoms with Crippen LogP contribution in [0.5, 0.6) is 0 Å². The monoisotopic (exact) mass is 248 g/mol. The van der Waals surface area contributed by atoms with Crippen molar-refractivity contribution in [2.45, 2.75) is 32.7 Å². The van der Waals surface area contributed by atoms with Gasteiger partial charge in [0.05, 0.1) is 0 Å². The lowest BCUT2D eigenvalue weighted by Gasteiger charge is -2.36. The number of piperidine rings is 1. The summed E-state index contributed by atoms with van der Waals surface area (Å²) in [4.78, 5) is 14.2. The fraction of sp³-hybridized carbons (Fsp3) is 0.615. The van der Waals surface area contributed by atoms with Gasteiger partial charge in [-0.05, 0) is 37.8 Å². The SMILES string of the molecule is CNc1ccc(C(=O)N2CCC(C)CC2C)nn1. The normalized spacial score (nSPS) is 23.8. The molecule has 5 heteroatoms. The van der Waals surface area contributed by atoms with Crippen molar-refractivity contribution in [2.75, 3.05) is 18.9 Å². The summed E-state index contributed by atoms with van der Waals surface area (Å²) in [6, 6.07) is 3.79. The van der Waals surface area contributed by atoms with Gasteiger partial charge in [-0.15, -0.1) is 10.2 Å². The second-order valence-corrected chi connectivity index (χ2v) is 5.03. The van der Waals surface area contributed by atoms with Crippen LogP contribution in [0.3, 0.4) is 0 Å². The number of hydrogen-bond acceptors (Lipinski definition) is 4. The van der Waals surface area contributed by atoms with Gasteiger partial charge in [0.15, 0.2) is 5.69 Å². The Balaban J connectivity index is 2.10. The van der Waals surface area contributed by atoms with Gasteiger partial charge in [-0.25, -0.2) is 0 Å². The van der Waals surface area contributed by atoms with Crippen molar-refractivity contribution in [3.05, 3.63) is 17.8 Å². The number of carbonyl (C=O) groups is 1. The second kappa shape index (κ2) is 5.33. The molecule has 2 heterocycles. The Morgan fingerprint density at radius 3 is 2.72 bits per heavy atom. The van der Waals surface area contributed by atoms with Crippen molar-refractivity contribution < 1.29 is 4.79 Å². The van der Waals surface area contributed by atoms with Gasteiger partial charge < -0.3 is 10.2 Å². The first-order chi connectivity index (χ1) is 8.61. The lowest BCUT2D eigenvalue weighted by atomic mass is 9.93. The molecule has 2 unspecified atom stereocenters. The van der Waals surface area contributed by atoms with Crippen molar-refractivity contribution in [1.82, 2.24) is 15.1 Å². The average Bonchev–Trinajstić information content (AvgIpc) is 2.38. The molecule has 5 nitrogen and oxygen atoms in total. The van der Waals surface area contributed by atoms with Crippen molar-refractivity contribution in [2.24, 2.45) is 5.92 Å². The molecule has 98 valence electrons. The molecule has 0 saturated carbocycles. The highest BCUT2D eigenvalue weighted by atomic mass is 16.2. The summed E-state index contributed by atoms with van der Waals surface area (Å²) in [6.07, 6.45) is 2.13. The van der Waals surface area contributed by atoms with E-state index in [4.69, 9.17) is 0 Å². The molecule has 1 aromatic heterocycles. The van der Waals surface area contributed by atoms with Crippen molar-refractivity contribution in [1.29, 1.82) is 0 Å². The van der Waals surface area contributed by atoms with Crippen LogP contribution in [-0.4, -0.2) is 40.6 Å². The van der Waals surface area contributed by atoms with Crippen LogP contribution < -0.4 is 5.32 Å². The fourth-order valence-electron chi connectivity index (χ4n) is 2.44. The van der Waals surface area contributed by atoms with E-state index in [2.05, 4.69) is 29.4 Å². The Kier molecular flexibility index (Phi) is 3.79. The Bertz CT molecular complexity index is 418. The Morgan fingerprint density at radius 2 is 2.17 bits per heavy atom. The van der Waals surface area contributed by atoms with Crippen LogP contribution >= 0.6 is 0 Å². The largest absolute Gasteiger partial charge is 0.372 e. The number of nitrogens with one attached hydrogen (secondary N) is 1. The minimum absolute atomic E-state index is 0.00967. The van der Waals surface area contributed by atoms with E-state index in [1.165, 1.54) is 0 Å². The number of anilines is 1. The minimum Gasteiger partial charge on any atom is -0.372 e. The molecule has 2 atom stereocenters. The topological polar surface area (TPSA) is 58.1 Å². The number of likely N-dealkylation sites (tertiary alicyclic amines) is 1. The summed E-state index contributed by atoms with van der Waals surface area (Å²) in [7, 11) is 1.78. The molecule has 1 aromatic rings. The lowest BCUT2D eigenvalue weighted by Crippen LogP contribution is -2.44. The van der Waals surface area contributed by atoms with Crippen molar-refractivity contribution >= 4 is 11.7 Å². The average molecular weight is 248 g/mol. The summed E-state index contributed by atoms with van der Waals surface area (Å²) in [6.45, 7) is 5.15. The zero-order valence-electron chi connectivity index (χ0n) is 11.2. The van der Waals surface area contributed by atoms with Gasteiger partial charge in [0, 0.05) is 19.6 Å². The Morgan fingerprint density at radius 1 is 1.39 bits per heavy atom. The third kappa shape index (κ3) is 2.60. The zero-order chi connectivity index (χ0) is 13.1. The van der Waals surface area contributed by atoms with Crippen LogP contribution in [0.15, 0.2) is 12.1 Å². The van der Waals surface area contributed by atoms with Gasteiger partial charge in [0.1, 0.15) is 5.82 Å². The van der Waals surface area contributed by atoms with Crippen LogP contribution in [0, 0.1) is 5.92 Å². The molecule has 0 bridgehead atoms. The van der Waals surface area contributed by atoms with Gasteiger partial charge in [-0.3, -0.25) is 4.79 Å². The Hall–Kier alpha value is -1.65. The third-order valence-electron chi connectivity index (χ3n) is 3.54. The summed E-state index contributed by atoms with van der Waals surface area (Å²) in [5, 5.41) is 10.8. The minimum atomic E-state index is -0.00967. The molecule has 1 aliphatic rings. The second-order valence-electron chi connectivity index (χ2n) is 5.03. The molecule has 18 heavy (non-hydrogen) atoms. The molecule has 0 spiro atoms. The lowest BCUT2D eigenvalue weighted by molar-refractivity contribution is 0.0581. The zero-order valence-corrected chi connectivity index (χ0v) is 11.2. The molecule has 1 amide bonds.